The average Bonchev–Trinajstić information content (AvgIpc) is 3.78. The Morgan fingerprint density at radius 3 is 2.19 bits per heavy atom. The largest absolute Gasteiger partial charge is 0.459 e. The number of aliphatic hydroxyl groups is 8. The van der Waals surface area contributed by atoms with Gasteiger partial charge in [-0.25, -0.2) is 4.79 Å². The third-order valence-corrected chi connectivity index (χ3v) is 16.3. The van der Waals surface area contributed by atoms with Gasteiger partial charge < -0.3 is 83.5 Å². The van der Waals surface area contributed by atoms with Crippen molar-refractivity contribution in [3.63, 3.8) is 0 Å². The number of rotatable bonds is 10. The fraction of sp³-hybridized carbons (Fsp3) is 0.884. The Hall–Kier alpha value is -2.21. The van der Waals surface area contributed by atoms with Crippen molar-refractivity contribution in [3.8, 4) is 0 Å². The zero-order chi connectivity index (χ0) is 44.7. The van der Waals surface area contributed by atoms with E-state index in [0.717, 1.165) is 11.9 Å². The molecule has 3 saturated heterocycles. The summed E-state index contributed by atoms with van der Waals surface area (Å²) < 4.78 is 46.8. The number of carbonyl (C=O) groups is 3. The molecule has 4 aliphatic carbocycles. The standard InChI is InChI=1S/C43H64O19/c1-19-31(48)32(49)34(51)38(57-19)62-37-28(16-44)60-39(35(52)33(37)50)61-36-20(2)56-30(14-27(36)58-21(3)46)59-23-5-10-41(18-45)25-6-9-40(4)24(22-13-29(47)55-17-22)8-12-43(40,54)26(25)7-11-42(41,53)15-23/h13,18-20,23-28,30-39,44,48-54H,5-12,14-17H2,1-4H3/t19-,20+,23-,24+,25-,26+,27-,28+,30?,31-,32+,33+,34+,35+,36+,37+,38-,39-,40+,41-,42-,43-/m0/s1. The molecule has 8 N–H and O–H groups in total. The molecular weight excluding hydrogens is 820 g/mol. The van der Waals surface area contributed by atoms with Crippen LogP contribution in [0.2, 0.25) is 0 Å². The molecule has 0 radical (unpaired) electrons. The Morgan fingerprint density at radius 2 is 1.52 bits per heavy atom. The maximum Gasteiger partial charge on any atom is 0.331 e. The lowest BCUT2D eigenvalue weighted by atomic mass is 9.41. The molecule has 62 heavy (non-hydrogen) atoms. The topological polar surface area (TPSA) is 287 Å². The molecule has 4 heterocycles. The lowest BCUT2D eigenvalue weighted by Gasteiger charge is -2.65. The van der Waals surface area contributed by atoms with Gasteiger partial charge in [0, 0.05) is 31.3 Å². The van der Waals surface area contributed by atoms with E-state index in [2.05, 4.69) is 6.92 Å². The maximum absolute atomic E-state index is 13.4. The number of ether oxygens (including phenoxy) is 8. The summed E-state index contributed by atoms with van der Waals surface area (Å²) in [6, 6.07) is 0. The highest BCUT2D eigenvalue weighted by Gasteiger charge is 2.71. The minimum atomic E-state index is -1.80. The quantitative estimate of drug-likeness (QED) is 0.0744. The number of hydrogen-bond donors (Lipinski definition) is 8. The van der Waals surface area contributed by atoms with Gasteiger partial charge in [-0.2, -0.15) is 0 Å². The molecule has 0 amide bonds. The van der Waals surface area contributed by atoms with Crippen LogP contribution in [0.5, 0.6) is 0 Å². The molecule has 0 spiro atoms. The van der Waals surface area contributed by atoms with Crippen molar-refractivity contribution in [3.05, 3.63) is 11.6 Å². The Kier molecular flexibility index (Phi) is 12.9. The highest BCUT2D eigenvalue weighted by molar-refractivity contribution is 5.85. The van der Waals surface area contributed by atoms with Crippen LogP contribution in [0.15, 0.2) is 11.6 Å². The summed E-state index contributed by atoms with van der Waals surface area (Å²) in [6.45, 7) is 5.88. The van der Waals surface area contributed by atoms with Gasteiger partial charge in [-0.3, -0.25) is 4.79 Å². The summed E-state index contributed by atoms with van der Waals surface area (Å²) in [5, 5.41) is 88.4. The molecule has 0 aromatic heterocycles. The summed E-state index contributed by atoms with van der Waals surface area (Å²) in [4.78, 5) is 37.7. The van der Waals surface area contributed by atoms with E-state index in [4.69, 9.17) is 37.9 Å². The van der Waals surface area contributed by atoms with E-state index >= 15 is 0 Å². The van der Waals surface area contributed by atoms with E-state index in [1.165, 1.54) is 13.8 Å². The van der Waals surface area contributed by atoms with Crippen molar-refractivity contribution in [1.82, 2.24) is 0 Å². The predicted molar refractivity (Wildman–Crippen MR) is 207 cm³/mol. The third-order valence-electron chi connectivity index (χ3n) is 16.3. The van der Waals surface area contributed by atoms with Crippen LogP contribution in [0.3, 0.4) is 0 Å². The first kappa shape index (κ1) is 46.3. The molecule has 350 valence electrons. The number of cyclic esters (lactones) is 1. The van der Waals surface area contributed by atoms with E-state index < -0.39 is 127 Å². The van der Waals surface area contributed by atoms with Crippen LogP contribution in [-0.2, 0) is 52.3 Å². The lowest BCUT2D eigenvalue weighted by molar-refractivity contribution is -0.371. The van der Waals surface area contributed by atoms with Gasteiger partial charge in [0.2, 0.25) is 0 Å². The van der Waals surface area contributed by atoms with Crippen LogP contribution in [0.4, 0.5) is 0 Å². The number of aldehydes is 1. The first-order valence-electron chi connectivity index (χ1n) is 22.2. The average molecular weight is 885 g/mol. The van der Waals surface area contributed by atoms with E-state index in [0.29, 0.717) is 44.9 Å². The van der Waals surface area contributed by atoms with Crippen molar-refractivity contribution in [2.45, 2.75) is 195 Å². The molecule has 4 aliphatic heterocycles. The van der Waals surface area contributed by atoms with Crippen molar-refractivity contribution in [1.29, 1.82) is 0 Å². The number of esters is 2. The number of hydrogen-bond acceptors (Lipinski definition) is 19. The Labute approximate surface area is 359 Å². The highest BCUT2D eigenvalue weighted by Crippen LogP contribution is 2.70. The smallest absolute Gasteiger partial charge is 0.331 e. The number of carbonyl (C=O) groups excluding carboxylic acids is 3. The minimum absolute atomic E-state index is 0.0118. The van der Waals surface area contributed by atoms with Crippen molar-refractivity contribution >= 4 is 18.2 Å². The second-order valence-electron chi connectivity index (χ2n) is 19.5. The second kappa shape index (κ2) is 17.2. The van der Waals surface area contributed by atoms with Crippen molar-refractivity contribution < 1.29 is 93.1 Å². The molecule has 0 aromatic rings. The van der Waals surface area contributed by atoms with Crippen LogP contribution in [0.25, 0.3) is 0 Å². The summed E-state index contributed by atoms with van der Waals surface area (Å²) in [5.41, 5.74) is -3.20. The van der Waals surface area contributed by atoms with E-state index in [1.54, 1.807) is 13.0 Å². The molecule has 22 atom stereocenters. The van der Waals surface area contributed by atoms with Crippen LogP contribution in [0, 0.1) is 28.6 Å². The first-order valence-corrected chi connectivity index (χ1v) is 22.2. The first-order chi connectivity index (χ1) is 29.3. The van der Waals surface area contributed by atoms with Gasteiger partial charge in [0.15, 0.2) is 18.9 Å². The molecule has 0 aromatic carbocycles. The zero-order valence-corrected chi connectivity index (χ0v) is 35.6. The van der Waals surface area contributed by atoms with E-state index in [1.807, 2.05) is 0 Å². The molecule has 19 heteroatoms. The van der Waals surface area contributed by atoms with Gasteiger partial charge in [-0.05, 0) is 88.5 Å². The zero-order valence-electron chi connectivity index (χ0n) is 35.6. The SMILES string of the molecule is CC(=O)O[C@H]1CC(O[C@H]2CC[C@]3(C=O)[C@H]4CC[C@]5(C)[C@@H](C6=CC(=O)OC6)CC[C@]5(O)[C@@H]4CC[C@]3(O)C2)O[C@H](C)[C@H]1O[C@@H]1O[C@H](CO)[C@@H](O[C@@H]2O[C@@H](C)[C@H](O)[C@@H](O)[C@H]2O)[C@H](O)[C@H]1O. The van der Waals surface area contributed by atoms with Crippen LogP contribution < -0.4 is 0 Å². The van der Waals surface area contributed by atoms with Crippen LogP contribution in [-0.4, -0.2) is 176 Å². The predicted octanol–water partition coefficient (Wildman–Crippen LogP) is -0.974. The molecule has 1 unspecified atom stereocenters. The van der Waals surface area contributed by atoms with E-state index in [-0.39, 0.29) is 49.6 Å². The summed E-state index contributed by atoms with van der Waals surface area (Å²) in [6.07, 6.45) is -13.1. The third kappa shape index (κ3) is 7.58. The maximum atomic E-state index is 13.4. The Balaban J connectivity index is 0.914. The molecule has 19 nitrogen and oxygen atoms in total. The fourth-order valence-corrected chi connectivity index (χ4v) is 13.0. The van der Waals surface area contributed by atoms with Gasteiger partial charge in [-0.1, -0.05) is 6.92 Å². The van der Waals surface area contributed by atoms with Crippen molar-refractivity contribution in [2.24, 2.45) is 28.6 Å². The van der Waals surface area contributed by atoms with Gasteiger partial charge >= 0.3 is 11.9 Å². The lowest BCUT2D eigenvalue weighted by Crippen LogP contribution is -2.69. The van der Waals surface area contributed by atoms with Crippen LogP contribution in [0.1, 0.15) is 91.9 Å². The fourth-order valence-electron chi connectivity index (χ4n) is 13.0. The van der Waals surface area contributed by atoms with Gasteiger partial charge in [0.1, 0.15) is 67.8 Å². The van der Waals surface area contributed by atoms with Crippen molar-refractivity contribution in [2.75, 3.05) is 13.2 Å². The minimum Gasteiger partial charge on any atom is -0.459 e. The van der Waals surface area contributed by atoms with Crippen LogP contribution >= 0.6 is 0 Å². The molecule has 4 saturated carbocycles. The molecule has 8 rings (SSSR count). The summed E-state index contributed by atoms with van der Waals surface area (Å²) in [5.74, 6) is -1.49. The molecular formula is C43H64O19. The Morgan fingerprint density at radius 1 is 0.823 bits per heavy atom. The highest BCUT2D eigenvalue weighted by atomic mass is 16.8. The Bertz CT molecular complexity index is 1710. The molecule has 8 aliphatic rings. The van der Waals surface area contributed by atoms with Gasteiger partial charge in [-0.15, -0.1) is 0 Å². The molecule has 0 bridgehead atoms. The molecule has 7 fully saturated rings. The normalized spacial score (nSPS) is 52.8. The number of fused-ring (bicyclic) bond motifs is 5. The van der Waals surface area contributed by atoms with Gasteiger partial charge in [0.05, 0.1) is 41.5 Å². The van der Waals surface area contributed by atoms with E-state index in [9.17, 15) is 55.2 Å². The summed E-state index contributed by atoms with van der Waals surface area (Å²) in [7, 11) is 0. The monoisotopic (exact) mass is 884 g/mol. The number of aliphatic hydroxyl groups excluding tert-OH is 6. The second-order valence-corrected chi connectivity index (χ2v) is 19.5. The van der Waals surface area contributed by atoms with Gasteiger partial charge in [0.25, 0.3) is 0 Å². The summed E-state index contributed by atoms with van der Waals surface area (Å²) >= 11 is 0.